The van der Waals surface area contributed by atoms with Gasteiger partial charge in [-0.3, -0.25) is 20.2 Å². The van der Waals surface area contributed by atoms with E-state index in [9.17, 15) is 14.9 Å². The number of rotatable bonds is 3. The lowest BCUT2D eigenvalue weighted by Crippen LogP contribution is -2.34. The first-order valence-corrected chi connectivity index (χ1v) is 7.21. The number of nitro groups is 1. The summed E-state index contributed by atoms with van der Waals surface area (Å²) in [4.78, 5) is 22.6. The van der Waals surface area contributed by atoms with Crippen molar-refractivity contribution in [2.45, 2.75) is 13.8 Å². The van der Waals surface area contributed by atoms with Crippen molar-refractivity contribution in [1.29, 1.82) is 0 Å². The minimum absolute atomic E-state index is 0.00234. The van der Waals surface area contributed by atoms with Crippen molar-refractivity contribution in [2.75, 3.05) is 5.32 Å². The zero-order valence-corrected chi connectivity index (χ0v) is 13.4. The van der Waals surface area contributed by atoms with Crippen LogP contribution in [0.4, 0.5) is 11.4 Å². The molecule has 0 saturated heterocycles. The fourth-order valence-electron chi connectivity index (χ4n) is 1.93. The Hall–Kier alpha value is -2.80. The van der Waals surface area contributed by atoms with E-state index in [1.54, 1.807) is 31.2 Å². The Balaban J connectivity index is 2.09. The second-order valence-corrected chi connectivity index (χ2v) is 5.46. The molecule has 0 unspecified atom stereocenters. The molecule has 0 heterocycles. The molecule has 2 aromatic carbocycles. The van der Waals surface area contributed by atoms with Gasteiger partial charge < -0.3 is 5.32 Å². The summed E-state index contributed by atoms with van der Waals surface area (Å²) in [5, 5.41) is 16.3. The van der Waals surface area contributed by atoms with E-state index >= 15 is 0 Å². The van der Waals surface area contributed by atoms with E-state index in [-0.39, 0.29) is 22.4 Å². The molecule has 7 heteroatoms. The van der Waals surface area contributed by atoms with Crippen molar-refractivity contribution in [3.05, 3.63) is 69.3 Å². The molecular formula is C16H15N3O3S. The zero-order chi connectivity index (χ0) is 17.0. The number of anilines is 1. The smallest absolute Gasteiger partial charge is 0.292 e. The van der Waals surface area contributed by atoms with Crippen LogP contribution in [0.3, 0.4) is 0 Å². The highest BCUT2D eigenvalue weighted by Crippen LogP contribution is 2.25. The Labute approximate surface area is 138 Å². The number of hydrogen-bond donors (Lipinski definition) is 2. The molecular weight excluding hydrogens is 314 g/mol. The van der Waals surface area contributed by atoms with Gasteiger partial charge in [0, 0.05) is 11.6 Å². The topological polar surface area (TPSA) is 84.3 Å². The van der Waals surface area contributed by atoms with Gasteiger partial charge in [0.05, 0.1) is 4.92 Å². The van der Waals surface area contributed by atoms with Crippen LogP contribution in [-0.4, -0.2) is 15.9 Å². The van der Waals surface area contributed by atoms with Crippen LogP contribution in [-0.2, 0) is 0 Å². The molecule has 0 radical (unpaired) electrons. The molecule has 0 aromatic heterocycles. The third kappa shape index (κ3) is 4.33. The van der Waals surface area contributed by atoms with Gasteiger partial charge in [0.15, 0.2) is 5.11 Å². The van der Waals surface area contributed by atoms with Crippen molar-refractivity contribution in [3.8, 4) is 0 Å². The maximum atomic E-state index is 12.1. The normalized spacial score (nSPS) is 10.0. The molecule has 2 aromatic rings. The van der Waals surface area contributed by atoms with Crippen molar-refractivity contribution >= 4 is 34.6 Å². The van der Waals surface area contributed by atoms with Gasteiger partial charge in [-0.25, -0.2) is 0 Å². The summed E-state index contributed by atoms with van der Waals surface area (Å²) in [5.74, 6) is -0.378. The molecule has 0 aliphatic heterocycles. The second-order valence-electron chi connectivity index (χ2n) is 5.05. The molecule has 2 N–H and O–H groups in total. The average Bonchev–Trinajstić information content (AvgIpc) is 2.49. The number of carbonyl (C=O) groups excluding carboxylic acids is 1. The monoisotopic (exact) mass is 329 g/mol. The molecule has 1 amide bonds. The molecule has 0 atom stereocenters. The van der Waals surface area contributed by atoms with Gasteiger partial charge in [0.2, 0.25) is 0 Å². The van der Waals surface area contributed by atoms with Crippen LogP contribution in [0.5, 0.6) is 0 Å². The molecule has 0 saturated carbocycles. The highest BCUT2D eigenvalue weighted by molar-refractivity contribution is 7.80. The van der Waals surface area contributed by atoms with E-state index in [0.717, 1.165) is 11.1 Å². The van der Waals surface area contributed by atoms with E-state index < -0.39 is 4.92 Å². The molecule has 0 fully saturated rings. The largest absolute Gasteiger partial charge is 0.327 e. The second kappa shape index (κ2) is 6.97. The Kier molecular flexibility index (Phi) is 5.02. The van der Waals surface area contributed by atoms with Crippen LogP contribution >= 0.6 is 12.2 Å². The maximum absolute atomic E-state index is 12.1. The van der Waals surface area contributed by atoms with Crippen LogP contribution in [0, 0.1) is 24.0 Å². The first-order valence-electron chi connectivity index (χ1n) is 6.81. The number of hydrogen-bond acceptors (Lipinski definition) is 4. The molecule has 6 nitrogen and oxygen atoms in total. The Bertz CT molecular complexity index is 773. The minimum Gasteiger partial charge on any atom is -0.327 e. The molecule has 23 heavy (non-hydrogen) atoms. The maximum Gasteiger partial charge on any atom is 0.292 e. The van der Waals surface area contributed by atoms with Gasteiger partial charge >= 0.3 is 0 Å². The Morgan fingerprint density at radius 3 is 2.30 bits per heavy atom. The number of nitro benzene ring substituents is 1. The van der Waals surface area contributed by atoms with Crippen LogP contribution in [0.1, 0.15) is 21.5 Å². The van der Waals surface area contributed by atoms with Crippen LogP contribution in [0.25, 0.3) is 0 Å². The van der Waals surface area contributed by atoms with E-state index in [4.69, 9.17) is 12.2 Å². The van der Waals surface area contributed by atoms with E-state index in [2.05, 4.69) is 10.6 Å². The lowest BCUT2D eigenvalue weighted by atomic mass is 10.1. The van der Waals surface area contributed by atoms with Crippen molar-refractivity contribution in [2.24, 2.45) is 0 Å². The summed E-state index contributed by atoms with van der Waals surface area (Å²) < 4.78 is 0. The molecule has 0 bridgehead atoms. The number of amides is 1. The predicted octanol–water partition coefficient (Wildman–Crippen LogP) is 3.34. The average molecular weight is 329 g/mol. The first kappa shape index (κ1) is 16.6. The SMILES string of the molecule is Cc1ccc(C(=O)NC(=S)Nc2ccc(C)cc2[N+](=O)[O-])cc1. The van der Waals surface area contributed by atoms with Gasteiger partial charge in [-0.2, -0.15) is 0 Å². The third-order valence-electron chi connectivity index (χ3n) is 3.14. The number of thiocarbonyl (C=S) groups is 1. The number of benzene rings is 2. The van der Waals surface area contributed by atoms with Gasteiger partial charge in [-0.15, -0.1) is 0 Å². The first-order chi connectivity index (χ1) is 10.9. The number of aryl methyl sites for hydroxylation is 2. The molecule has 2 rings (SSSR count). The van der Waals surface area contributed by atoms with Crippen molar-refractivity contribution < 1.29 is 9.72 Å². The lowest BCUT2D eigenvalue weighted by Gasteiger charge is -2.10. The summed E-state index contributed by atoms with van der Waals surface area (Å²) in [6.07, 6.45) is 0. The van der Waals surface area contributed by atoms with Gasteiger partial charge in [-0.1, -0.05) is 23.8 Å². The third-order valence-corrected chi connectivity index (χ3v) is 3.34. The number of carbonyl (C=O) groups is 1. The minimum atomic E-state index is -0.500. The summed E-state index contributed by atoms with van der Waals surface area (Å²) >= 11 is 5.05. The van der Waals surface area contributed by atoms with Crippen molar-refractivity contribution in [1.82, 2.24) is 5.32 Å². The van der Waals surface area contributed by atoms with Gasteiger partial charge in [0.1, 0.15) is 5.69 Å². The Morgan fingerprint density at radius 1 is 1.09 bits per heavy atom. The fraction of sp³-hybridized carbons (Fsp3) is 0.125. The van der Waals surface area contributed by atoms with Crippen LogP contribution < -0.4 is 10.6 Å². The summed E-state index contributed by atoms with van der Waals surface area (Å²) in [7, 11) is 0. The lowest BCUT2D eigenvalue weighted by molar-refractivity contribution is -0.383. The summed E-state index contributed by atoms with van der Waals surface area (Å²) in [6, 6.07) is 11.7. The predicted molar refractivity (Wildman–Crippen MR) is 92.7 cm³/mol. The van der Waals surface area contributed by atoms with E-state index in [0.29, 0.717) is 5.56 Å². The van der Waals surface area contributed by atoms with Gasteiger partial charge in [-0.05, 0) is 49.8 Å². The highest BCUT2D eigenvalue weighted by atomic mass is 32.1. The fourth-order valence-corrected chi connectivity index (χ4v) is 2.13. The molecule has 0 spiro atoms. The summed E-state index contributed by atoms with van der Waals surface area (Å²) in [6.45, 7) is 3.68. The van der Waals surface area contributed by atoms with Gasteiger partial charge in [0.25, 0.3) is 11.6 Å². The van der Waals surface area contributed by atoms with E-state index in [1.165, 1.54) is 6.07 Å². The molecule has 0 aliphatic rings. The quantitative estimate of drug-likeness (QED) is 0.512. The standard InChI is InChI=1S/C16H15N3O3S/c1-10-3-6-12(7-4-10)15(20)18-16(23)17-13-8-5-11(2)9-14(13)19(21)22/h3-9H,1-2H3,(H2,17,18,20,23). The molecule has 0 aliphatic carbocycles. The van der Waals surface area contributed by atoms with Crippen LogP contribution in [0.15, 0.2) is 42.5 Å². The molecule has 118 valence electrons. The Morgan fingerprint density at radius 2 is 1.70 bits per heavy atom. The van der Waals surface area contributed by atoms with Crippen molar-refractivity contribution in [3.63, 3.8) is 0 Å². The number of nitrogens with zero attached hydrogens (tertiary/aromatic N) is 1. The highest BCUT2D eigenvalue weighted by Gasteiger charge is 2.15. The zero-order valence-electron chi connectivity index (χ0n) is 12.6. The van der Waals surface area contributed by atoms with E-state index in [1.807, 2.05) is 19.1 Å². The summed E-state index contributed by atoms with van der Waals surface area (Å²) in [5.41, 5.74) is 2.39. The number of nitrogens with one attached hydrogen (secondary N) is 2. The van der Waals surface area contributed by atoms with Crippen LogP contribution in [0.2, 0.25) is 0 Å².